The molecule has 0 aliphatic rings. The van der Waals surface area contributed by atoms with Gasteiger partial charge in [0.1, 0.15) is 11.6 Å². The van der Waals surface area contributed by atoms with Crippen molar-refractivity contribution in [3.05, 3.63) is 69.2 Å². The molecular weight excluding hydrogens is 300 g/mol. The van der Waals surface area contributed by atoms with Gasteiger partial charge in [-0.1, -0.05) is 18.2 Å². The molecular formula is C14H12BrF2N. The number of benzene rings is 2. The molecule has 4 heteroatoms. The minimum absolute atomic E-state index is 0.319. The fourth-order valence-corrected chi connectivity index (χ4v) is 2.40. The highest BCUT2D eigenvalue weighted by molar-refractivity contribution is 9.10. The second-order valence-electron chi connectivity index (χ2n) is 4.18. The van der Waals surface area contributed by atoms with E-state index < -0.39 is 6.04 Å². The smallest absolute Gasteiger partial charge is 0.137 e. The molecule has 1 unspecified atom stereocenters. The first-order chi connectivity index (χ1) is 8.49. The third-order valence-electron chi connectivity index (χ3n) is 2.74. The lowest BCUT2D eigenvalue weighted by Gasteiger charge is -2.15. The standard InChI is InChI=1S/C14H12BrF2N/c1-8-5-9(7-10(16)6-8)14(18)11-3-2-4-12(17)13(11)15/h2-7,14H,18H2,1H3. The molecule has 0 aliphatic heterocycles. The van der Waals surface area contributed by atoms with Crippen LogP contribution in [0.4, 0.5) is 8.78 Å². The van der Waals surface area contributed by atoms with Gasteiger partial charge in [-0.2, -0.15) is 0 Å². The van der Waals surface area contributed by atoms with Crippen LogP contribution >= 0.6 is 15.9 Å². The zero-order chi connectivity index (χ0) is 13.3. The summed E-state index contributed by atoms with van der Waals surface area (Å²) >= 11 is 3.17. The molecule has 2 aromatic rings. The molecule has 0 heterocycles. The van der Waals surface area contributed by atoms with E-state index >= 15 is 0 Å². The Bertz CT molecular complexity index is 564. The molecule has 2 aromatic carbocycles. The highest BCUT2D eigenvalue weighted by atomic mass is 79.9. The van der Waals surface area contributed by atoms with E-state index in [1.54, 1.807) is 25.1 Å². The minimum atomic E-state index is -0.565. The summed E-state index contributed by atoms with van der Waals surface area (Å²) < 4.78 is 27.1. The van der Waals surface area contributed by atoms with Gasteiger partial charge in [0, 0.05) is 0 Å². The highest BCUT2D eigenvalue weighted by Gasteiger charge is 2.15. The average molecular weight is 312 g/mol. The molecule has 0 fully saturated rings. The fraction of sp³-hybridized carbons (Fsp3) is 0.143. The van der Waals surface area contributed by atoms with E-state index in [1.165, 1.54) is 18.2 Å². The molecule has 0 saturated heterocycles. The summed E-state index contributed by atoms with van der Waals surface area (Å²) in [5, 5.41) is 0. The van der Waals surface area contributed by atoms with E-state index in [9.17, 15) is 8.78 Å². The lowest BCUT2D eigenvalue weighted by molar-refractivity contribution is 0.613. The summed E-state index contributed by atoms with van der Waals surface area (Å²) in [6, 6.07) is 8.68. The van der Waals surface area contributed by atoms with Crippen molar-refractivity contribution in [3.63, 3.8) is 0 Å². The molecule has 0 amide bonds. The van der Waals surface area contributed by atoms with Crippen molar-refractivity contribution < 1.29 is 8.78 Å². The summed E-state index contributed by atoms with van der Waals surface area (Å²) in [5.41, 5.74) is 8.07. The van der Waals surface area contributed by atoms with Gasteiger partial charge in [-0.05, 0) is 57.7 Å². The Kier molecular flexibility index (Phi) is 3.78. The topological polar surface area (TPSA) is 26.0 Å². The summed E-state index contributed by atoms with van der Waals surface area (Å²) in [4.78, 5) is 0. The van der Waals surface area contributed by atoms with E-state index in [2.05, 4.69) is 15.9 Å². The molecule has 94 valence electrons. The van der Waals surface area contributed by atoms with Gasteiger partial charge in [0.05, 0.1) is 10.5 Å². The van der Waals surface area contributed by atoms with Crippen LogP contribution in [0.3, 0.4) is 0 Å². The molecule has 0 bridgehead atoms. The number of halogens is 3. The molecule has 18 heavy (non-hydrogen) atoms. The molecule has 0 aromatic heterocycles. The average Bonchev–Trinajstić information content (AvgIpc) is 2.30. The molecule has 0 saturated carbocycles. The van der Waals surface area contributed by atoms with E-state index in [4.69, 9.17) is 5.73 Å². The predicted octanol–water partition coefficient (Wildman–Crippen LogP) is 4.08. The Morgan fingerprint density at radius 3 is 2.56 bits per heavy atom. The largest absolute Gasteiger partial charge is 0.320 e. The van der Waals surface area contributed by atoms with Gasteiger partial charge in [-0.15, -0.1) is 0 Å². The molecule has 2 N–H and O–H groups in total. The lowest BCUT2D eigenvalue weighted by atomic mass is 9.98. The first-order valence-electron chi connectivity index (χ1n) is 5.45. The number of hydrogen-bond donors (Lipinski definition) is 1. The Morgan fingerprint density at radius 1 is 1.17 bits per heavy atom. The van der Waals surface area contributed by atoms with E-state index in [1.807, 2.05) is 0 Å². The molecule has 1 nitrogen and oxygen atoms in total. The Morgan fingerprint density at radius 2 is 1.89 bits per heavy atom. The van der Waals surface area contributed by atoms with Crippen molar-refractivity contribution >= 4 is 15.9 Å². The number of aryl methyl sites for hydroxylation is 1. The van der Waals surface area contributed by atoms with Crippen LogP contribution in [0.2, 0.25) is 0 Å². The molecule has 0 aliphatic carbocycles. The zero-order valence-electron chi connectivity index (χ0n) is 9.75. The lowest BCUT2D eigenvalue weighted by Crippen LogP contribution is -2.13. The maximum atomic E-state index is 13.4. The zero-order valence-corrected chi connectivity index (χ0v) is 11.3. The Balaban J connectivity index is 2.47. The quantitative estimate of drug-likeness (QED) is 0.888. The molecule has 1 atom stereocenters. The van der Waals surface area contributed by atoms with Crippen LogP contribution in [0.25, 0.3) is 0 Å². The minimum Gasteiger partial charge on any atom is -0.320 e. The first-order valence-corrected chi connectivity index (χ1v) is 6.25. The van der Waals surface area contributed by atoms with Crippen molar-refractivity contribution in [2.24, 2.45) is 5.73 Å². The molecule has 0 spiro atoms. The molecule has 0 radical (unpaired) electrons. The summed E-state index contributed by atoms with van der Waals surface area (Å²) in [6.07, 6.45) is 0. The van der Waals surface area contributed by atoms with Crippen LogP contribution in [0.15, 0.2) is 40.9 Å². The third-order valence-corrected chi connectivity index (χ3v) is 3.58. The van der Waals surface area contributed by atoms with Crippen LogP contribution in [0.1, 0.15) is 22.7 Å². The van der Waals surface area contributed by atoms with Gasteiger partial charge in [-0.25, -0.2) is 8.78 Å². The van der Waals surface area contributed by atoms with E-state index in [0.29, 0.717) is 15.6 Å². The van der Waals surface area contributed by atoms with Crippen LogP contribution in [-0.2, 0) is 0 Å². The van der Waals surface area contributed by atoms with E-state index in [-0.39, 0.29) is 11.6 Å². The van der Waals surface area contributed by atoms with Gasteiger partial charge < -0.3 is 5.73 Å². The first kappa shape index (κ1) is 13.2. The summed E-state index contributed by atoms with van der Waals surface area (Å²) in [5.74, 6) is -0.718. The van der Waals surface area contributed by atoms with Crippen LogP contribution in [-0.4, -0.2) is 0 Å². The summed E-state index contributed by atoms with van der Waals surface area (Å²) in [6.45, 7) is 1.79. The normalized spacial score (nSPS) is 12.5. The van der Waals surface area contributed by atoms with Gasteiger partial charge in [-0.3, -0.25) is 0 Å². The SMILES string of the molecule is Cc1cc(F)cc(C(N)c2cccc(F)c2Br)c1. The maximum Gasteiger partial charge on any atom is 0.137 e. The van der Waals surface area contributed by atoms with Crippen LogP contribution < -0.4 is 5.73 Å². The second kappa shape index (κ2) is 5.16. The van der Waals surface area contributed by atoms with E-state index in [0.717, 1.165) is 5.56 Å². The maximum absolute atomic E-state index is 13.4. The number of nitrogens with two attached hydrogens (primary N) is 1. The van der Waals surface area contributed by atoms with Crippen molar-refractivity contribution in [2.45, 2.75) is 13.0 Å². The second-order valence-corrected chi connectivity index (χ2v) is 4.98. The highest BCUT2D eigenvalue weighted by Crippen LogP contribution is 2.29. The van der Waals surface area contributed by atoms with Crippen LogP contribution in [0.5, 0.6) is 0 Å². The van der Waals surface area contributed by atoms with Crippen molar-refractivity contribution in [2.75, 3.05) is 0 Å². The number of rotatable bonds is 2. The predicted molar refractivity (Wildman–Crippen MR) is 71.3 cm³/mol. The third kappa shape index (κ3) is 2.60. The molecule has 2 rings (SSSR count). The van der Waals surface area contributed by atoms with Gasteiger partial charge >= 0.3 is 0 Å². The van der Waals surface area contributed by atoms with Crippen molar-refractivity contribution in [3.8, 4) is 0 Å². The van der Waals surface area contributed by atoms with Gasteiger partial charge in [0.15, 0.2) is 0 Å². The van der Waals surface area contributed by atoms with Crippen molar-refractivity contribution in [1.82, 2.24) is 0 Å². The van der Waals surface area contributed by atoms with Crippen molar-refractivity contribution in [1.29, 1.82) is 0 Å². The summed E-state index contributed by atoms with van der Waals surface area (Å²) in [7, 11) is 0. The van der Waals surface area contributed by atoms with Gasteiger partial charge in [0.2, 0.25) is 0 Å². The fourth-order valence-electron chi connectivity index (χ4n) is 1.88. The Hall–Kier alpha value is -1.26. The van der Waals surface area contributed by atoms with Gasteiger partial charge in [0.25, 0.3) is 0 Å². The Labute approximate surface area is 113 Å². The number of hydrogen-bond acceptors (Lipinski definition) is 1. The van der Waals surface area contributed by atoms with Crippen LogP contribution in [0, 0.1) is 18.6 Å². The monoisotopic (exact) mass is 311 g/mol.